The van der Waals surface area contributed by atoms with Crippen LogP contribution < -0.4 is 10.6 Å². The van der Waals surface area contributed by atoms with Crippen molar-refractivity contribution in [2.45, 2.75) is 36.0 Å². The predicted molar refractivity (Wildman–Crippen MR) is 82.0 cm³/mol. The first-order valence-electron chi connectivity index (χ1n) is 7.09. The van der Waals surface area contributed by atoms with Gasteiger partial charge in [-0.1, -0.05) is 0 Å². The molecule has 1 aromatic rings. The highest BCUT2D eigenvalue weighted by molar-refractivity contribution is 8.00. The molecule has 1 aliphatic heterocycles. The second kappa shape index (κ2) is 5.64. The lowest BCUT2D eigenvalue weighted by Gasteiger charge is -2.32. The smallest absolute Gasteiger partial charge is 0.306 e. The number of benzene rings is 1. The van der Waals surface area contributed by atoms with Gasteiger partial charge < -0.3 is 15.7 Å². The van der Waals surface area contributed by atoms with Gasteiger partial charge in [-0.15, -0.1) is 11.8 Å². The molecule has 1 unspecified atom stereocenters. The van der Waals surface area contributed by atoms with E-state index in [9.17, 15) is 14.4 Å². The number of hydrogen-bond donors (Lipinski definition) is 3. The number of rotatable bonds is 3. The van der Waals surface area contributed by atoms with Crippen molar-refractivity contribution >= 4 is 35.2 Å². The van der Waals surface area contributed by atoms with Crippen LogP contribution in [0.4, 0.5) is 5.69 Å². The van der Waals surface area contributed by atoms with E-state index in [0.717, 1.165) is 4.90 Å². The third-order valence-corrected chi connectivity index (χ3v) is 5.17. The topological polar surface area (TPSA) is 95.5 Å². The molecule has 7 heteroatoms. The third kappa shape index (κ3) is 2.81. The van der Waals surface area contributed by atoms with E-state index in [1.165, 1.54) is 11.8 Å². The number of hydrogen-bond acceptors (Lipinski definition) is 4. The van der Waals surface area contributed by atoms with E-state index in [1.807, 2.05) is 13.0 Å². The molecular weight excluding hydrogens is 304 g/mol. The van der Waals surface area contributed by atoms with Gasteiger partial charge in [0.15, 0.2) is 0 Å². The van der Waals surface area contributed by atoms with Crippen molar-refractivity contribution < 1.29 is 19.5 Å². The van der Waals surface area contributed by atoms with Gasteiger partial charge in [0.1, 0.15) is 0 Å². The number of carbonyl (C=O) groups excluding carboxylic acids is 2. The molecule has 3 N–H and O–H groups in total. The van der Waals surface area contributed by atoms with Crippen LogP contribution >= 0.6 is 11.8 Å². The van der Waals surface area contributed by atoms with Crippen LogP contribution in [0.25, 0.3) is 0 Å². The largest absolute Gasteiger partial charge is 0.481 e. The summed E-state index contributed by atoms with van der Waals surface area (Å²) >= 11 is 1.46. The molecule has 1 heterocycles. The molecule has 3 rings (SSSR count). The van der Waals surface area contributed by atoms with Crippen LogP contribution in [0, 0.1) is 5.92 Å². The van der Waals surface area contributed by atoms with Crippen LogP contribution in [0.2, 0.25) is 0 Å². The fourth-order valence-electron chi connectivity index (χ4n) is 2.56. The zero-order valence-corrected chi connectivity index (χ0v) is 12.8. The number of anilines is 1. The zero-order valence-electron chi connectivity index (χ0n) is 12.0. The van der Waals surface area contributed by atoms with Crippen LogP contribution in [-0.2, 0) is 9.59 Å². The van der Waals surface area contributed by atoms with E-state index in [1.54, 1.807) is 12.1 Å². The number of fused-ring (bicyclic) bond motifs is 1. The number of nitrogens with one attached hydrogen (secondary N) is 2. The fraction of sp³-hybridized carbons (Fsp3) is 0.400. The van der Waals surface area contributed by atoms with Gasteiger partial charge in [-0.05, 0) is 38.0 Å². The zero-order chi connectivity index (χ0) is 15.9. The van der Waals surface area contributed by atoms with Gasteiger partial charge in [0.25, 0.3) is 5.91 Å². The number of carboxylic acid groups (broad SMARTS) is 1. The minimum Gasteiger partial charge on any atom is -0.481 e. The van der Waals surface area contributed by atoms with Crippen LogP contribution in [0.1, 0.15) is 30.1 Å². The first-order valence-corrected chi connectivity index (χ1v) is 7.97. The Hall–Kier alpha value is -2.02. The number of amides is 2. The molecule has 0 radical (unpaired) electrons. The van der Waals surface area contributed by atoms with Crippen molar-refractivity contribution in [3.05, 3.63) is 23.8 Å². The Kier molecular flexibility index (Phi) is 3.82. The second-order valence-electron chi connectivity index (χ2n) is 5.64. The molecule has 6 nitrogen and oxygen atoms in total. The van der Waals surface area contributed by atoms with Crippen LogP contribution in [-0.4, -0.2) is 34.2 Å². The van der Waals surface area contributed by atoms with Gasteiger partial charge in [-0.25, -0.2) is 0 Å². The maximum absolute atomic E-state index is 12.2. The van der Waals surface area contributed by atoms with Gasteiger partial charge >= 0.3 is 5.97 Å². The van der Waals surface area contributed by atoms with Crippen LogP contribution in [0.5, 0.6) is 0 Å². The molecule has 1 aromatic carbocycles. The molecule has 1 atom stereocenters. The Labute approximate surface area is 131 Å². The third-order valence-electron chi connectivity index (χ3n) is 4.00. The summed E-state index contributed by atoms with van der Waals surface area (Å²) in [5.41, 5.74) is 1.12. The lowest BCUT2D eigenvalue weighted by molar-refractivity contribution is -0.145. The maximum atomic E-state index is 12.2. The molecule has 0 aromatic heterocycles. The minimum absolute atomic E-state index is 0.0710. The molecule has 1 aliphatic carbocycles. The quantitative estimate of drug-likeness (QED) is 0.788. The average Bonchev–Trinajstić information content (AvgIpc) is 2.42. The molecular formula is C15H16N2O4S. The summed E-state index contributed by atoms with van der Waals surface area (Å²) in [5.74, 6) is -1.48. The maximum Gasteiger partial charge on any atom is 0.306 e. The first-order chi connectivity index (χ1) is 10.4. The van der Waals surface area contributed by atoms with Crippen molar-refractivity contribution in [2.75, 3.05) is 5.32 Å². The summed E-state index contributed by atoms with van der Waals surface area (Å²) in [6.07, 6.45) is 0.937. The SMILES string of the molecule is CC1Sc2ccc(C(=O)NC3CC(C(=O)O)C3)cc2NC1=O. The fourth-order valence-corrected chi connectivity index (χ4v) is 3.49. The Morgan fingerprint density at radius 3 is 2.77 bits per heavy atom. The van der Waals surface area contributed by atoms with Gasteiger partial charge in [-0.3, -0.25) is 14.4 Å². The molecule has 0 bridgehead atoms. The number of carboxylic acids is 1. The molecule has 22 heavy (non-hydrogen) atoms. The van der Waals surface area contributed by atoms with Gasteiger partial charge in [-0.2, -0.15) is 0 Å². The Balaban J connectivity index is 1.66. The number of thioether (sulfide) groups is 1. The number of carbonyl (C=O) groups is 3. The van der Waals surface area contributed by atoms with Crippen molar-refractivity contribution in [3.8, 4) is 0 Å². The summed E-state index contributed by atoms with van der Waals surface area (Å²) in [6, 6.07) is 5.12. The summed E-state index contributed by atoms with van der Waals surface area (Å²) in [4.78, 5) is 35.5. The Morgan fingerprint density at radius 1 is 1.36 bits per heavy atom. The van der Waals surface area contributed by atoms with Crippen molar-refractivity contribution in [1.29, 1.82) is 0 Å². The standard InChI is InChI=1S/C15H16N2O4S/c1-7-13(18)17-11-6-8(2-3-12(11)22-7)14(19)16-10-4-9(5-10)15(20)21/h2-3,6-7,9-10H,4-5H2,1H3,(H,16,19)(H,17,18)(H,20,21). The summed E-state index contributed by atoms with van der Waals surface area (Å²) in [6.45, 7) is 1.83. The minimum atomic E-state index is -0.812. The summed E-state index contributed by atoms with van der Waals surface area (Å²) in [7, 11) is 0. The lowest BCUT2D eigenvalue weighted by Crippen LogP contribution is -2.46. The van der Waals surface area contributed by atoms with Gasteiger partial charge in [0.05, 0.1) is 16.9 Å². The Morgan fingerprint density at radius 2 is 2.09 bits per heavy atom. The Bertz CT molecular complexity index is 655. The predicted octanol–water partition coefficient (Wildman–Crippen LogP) is 1.71. The summed E-state index contributed by atoms with van der Waals surface area (Å²) in [5, 5.41) is 14.3. The van der Waals surface area contributed by atoms with Crippen molar-refractivity contribution in [3.63, 3.8) is 0 Å². The van der Waals surface area contributed by atoms with Crippen LogP contribution in [0.15, 0.2) is 23.1 Å². The van der Waals surface area contributed by atoms with E-state index in [4.69, 9.17) is 5.11 Å². The van der Waals surface area contributed by atoms with Gasteiger partial charge in [0.2, 0.25) is 5.91 Å². The van der Waals surface area contributed by atoms with E-state index in [2.05, 4.69) is 10.6 Å². The van der Waals surface area contributed by atoms with Gasteiger partial charge in [0, 0.05) is 16.5 Å². The van der Waals surface area contributed by atoms with E-state index in [-0.39, 0.29) is 29.0 Å². The van der Waals surface area contributed by atoms with E-state index in [0.29, 0.717) is 24.1 Å². The molecule has 2 aliphatic rings. The molecule has 1 fully saturated rings. The number of aliphatic carboxylic acids is 1. The summed E-state index contributed by atoms with van der Waals surface area (Å²) < 4.78 is 0. The molecule has 0 saturated heterocycles. The highest BCUT2D eigenvalue weighted by Gasteiger charge is 2.35. The normalized spacial score (nSPS) is 26.4. The van der Waals surface area contributed by atoms with Crippen molar-refractivity contribution in [1.82, 2.24) is 5.32 Å². The highest BCUT2D eigenvalue weighted by atomic mass is 32.2. The van der Waals surface area contributed by atoms with Crippen LogP contribution in [0.3, 0.4) is 0 Å². The lowest BCUT2D eigenvalue weighted by atomic mass is 9.80. The monoisotopic (exact) mass is 320 g/mol. The van der Waals surface area contributed by atoms with Crippen molar-refractivity contribution in [2.24, 2.45) is 5.92 Å². The van der Waals surface area contributed by atoms with E-state index < -0.39 is 5.97 Å². The highest BCUT2D eigenvalue weighted by Crippen LogP contribution is 2.36. The average molecular weight is 320 g/mol. The molecule has 116 valence electrons. The first kappa shape index (κ1) is 14.9. The van der Waals surface area contributed by atoms with E-state index >= 15 is 0 Å². The second-order valence-corrected chi connectivity index (χ2v) is 7.02. The molecule has 0 spiro atoms. The molecule has 1 saturated carbocycles. The molecule has 2 amide bonds.